The molecule has 0 aromatic heterocycles. The number of ether oxygens (including phenoxy) is 3. The SMILES string of the molecule is CCCCCCCCCCCCCCCCCCCC(=O)C(O)[C@H]1O[C@@H](O[C@H]2[C@H](O)[C@H](O)[C@@H](O)O[C@@H]2CO)[C@@H](O)[C@@H](O)[C@@H]1O. The molecule has 2 rings (SSSR count). The van der Waals surface area contributed by atoms with Crippen LogP contribution in [0.3, 0.4) is 0 Å². The molecule has 0 radical (unpaired) electrons. The zero-order valence-corrected chi connectivity index (χ0v) is 26.5. The Hall–Kier alpha value is -0.770. The molecule has 2 heterocycles. The van der Waals surface area contributed by atoms with E-state index in [0.29, 0.717) is 6.42 Å². The Morgan fingerprint density at radius 2 is 1.11 bits per heavy atom. The molecule has 12 heteroatoms. The highest BCUT2D eigenvalue weighted by Gasteiger charge is 2.52. The highest BCUT2D eigenvalue weighted by Crippen LogP contribution is 2.30. The van der Waals surface area contributed by atoms with E-state index in [1.807, 2.05) is 0 Å². The third kappa shape index (κ3) is 12.8. The highest BCUT2D eigenvalue weighted by atomic mass is 16.7. The number of aliphatic hydroxyl groups is 8. The number of carbonyl (C=O) groups is 1. The van der Waals surface area contributed by atoms with Crippen LogP contribution in [0, 0.1) is 0 Å². The van der Waals surface area contributed by atoms with E-state index in [9.17, 15) is 45.6 Å². The quantitative estimate of drug-likeness (QED) is 0.0753. The smallest absolute Gasteiger partial charge is 0.187 e. The van der Waals surface area contributed by atoms with Gasteiger partial charge < -0.3 is 55.1 Å². The summed E-state index contributed by atoms with van der Waals surface area (Å²) in [4.78, 5) is 12.7. The molecule has 2 aliphatic heterocycles. The standard InChI is InChI=1S/C32H60O12/c1-2-3-4-5-6-7-8-9-10-11-12-13-14-15-16-17-18-19-21(34)23(35)30-25(37)24(36)28(40)32(44-30)43-29-22(20-33)42-31(41)27(39)26(29)38/h22-33,35-41H,2-20H2,1H3/t22-,23?,24+,25+,26-,27+,28+,29-,30-,31+,32-/m1/s1. The van der Waals surface area contributed by atoms with Gasteiger partial charge in [0.05, 0.1) is 6.61 Å². The Morgan fingerprint density at radius 3 is 1.59 bits per heavy atom. The van der Waals surface area contributed by atoms with Crippen molar-refractivity contribution in [2.45, 2.75) is 190 Å². The minimum absolute atomic E-state index is 0.0440. The number of hydrogen-bond acceptors (Lipinski definition) is 12. The molecule has 2 aliphatic rings. The second kappa shape index (κ2) is 21.9. The fourth-order valence-corrected chi connectivity index (χ4v) is 5.99. The largest absolute Gasteiger partial charge is 0.394 e. The van der Waals surface area contributed by atoms with Crippen LogP contribution in [0.15, 0.2) is 0 Å². The van der Waals surface area contributed by atoms with Crippen LogP contribution in [-0.4, -0.2) is 121 Å². The van der Waals surface area contributed by atoms with Crippen LogP contribution in [0.4, 0.5) is 0 Å². The monoisotopic (exact) mass is 636 g/mol. The first-order valence-electron chi connectivity index (χ1n) is 17.0. The van der Waals surface area contributed by atoms with Crippen molar-refractivity contribution in [3.8, 4) is 0 Å². The van der Waals surface area contributed by atoms with Gasteiger partial charge in [0.25, 0.3) is 0 Å². The van der Waals surface area contributed by atoms with E-state index in [2.05, 4.69) is 6.92 Å². The number of unbranched alkanes of at least 4 members (excludes halogenated alkanes) is 16. The molecule has 1 unspecified atom stereocenters. The van der Waals surface area contributed by atoms with E-state index in [4.69, 9.17) is 14.2 Å². The van der Waals surface area contributed by atoms with Crippen LogP contribution in [0.1, 0.15) is 122 Å². The first kappa shape index (κ1) is 39.4. The van der Waals surface area contributed by atoms with Gasteiger partial charge in [0.2, 0.25) is 0 Å². The Balaban J connectivity index is 1.63. The Bertz CT molecular complexity index is 755. The minimum atomic E-state index is -1.87. The maximum absolute atomic E-state index is 12.7. The fraction of sp³-hybridized carbons (Fsp3) is 0.969. The Morgan fingerprint density at radius 1 is 0.636 bits per heavy atom. The van der Waals surface area contributed by atoms with Gasteiger partial charge in [-0.1, -0.05) is 110 Å². The molecular formula is C32H60O12. The van der Waals surface area contributed by atoms with Crippen molar-refractivity contribution in [3.63, 3.8) is 0 Å². The molecule has 0 amide bonds. The van der Waals surface area contributed by atoms with Gasteiger partial charge in [-0.15, -0.1) is 0 Å². The van der Waals surface area contributed by atoms with E-state index in [1.165, 1.54) is 77.0 Å². The van der Waals surface area contributed by atoms with E-state index < -0.39 is 79.9 Å². The molecule has 12 nitrogen and oxygen atoms in total. The van der Waals surface area contributed by atoms with Gasteiger partial charge in [-0.2, -0.15) is 0 Å². The van der Waals surface area contributed by atoms with Crippen molar-refractivity contribution in [2.75, 3.05) is 6.61 Å². The number of hydrogen-bond donors (Lipinski definition) is 8. The van der Waals surface area contributed by atoms with E-state index in [0.717, 1.165) is 25.7 Å². The second-order valence-electron chi connectivity index (χ2n) is 12.6. The predicted octanol–water partition coefficient (Wildman–Crippen LogP) is 1.58. The molecule has 260 valence electrons. The Labute approximate surface area is 262 Å². The first-order chi connectivity index (χ1) is 21.1. The van der Waals surface area contributed by atoms with E-state index in [-0.39, 0.29) is 6.42 Å². The average Bonchev–Trinajstić information content (AvgIpc) is 3.02. The van der Waals surface area contributed by atoms with Crippen molar-refractivity contribution >= 4 is 5.78 Å². The average molecular weight is 637 g/mol. The van der Waals surface area contributed by atoms with Crippen LogP contribution in [0.25, 0.3) is 0 Å². The highest BCUT2D eigenvalue weighted by molar-refractivity contribution is 5.83. The van der Waals surface area contributed by atoms with Gasteiger partial charge in [-0.3, -0.25) is 4.79 Å². The number of carbonyl (C=O) groups excluding carboxylic acids is 1. The summed E-state index contributed by atoms with van der Waals surface area (Å²) in [6.07, 6.45) is 1.58. The van der Waals surface area contributed by atoms with Crippen LogP contribution < -0.4 is 0 Å². The fourth-order valence-electron chi connectivity index (χ4n) is 5.99. The molecule has 0 aromatic rings. The summed E-state index contributed by atoms with van der Waals surface area (Å²) in [7, 11) is 0. The zero-order valence-electron chi connectivity index (χ0n) is 26.5. The molecule has 8 N–H and O–H groups in total. The van der Waals surface area contributed by atoms with E-state index in [1.54, 1.807) is 0 Å². The molecule has 0 spiro atoms. The molecule has 0 aromatic carbocycles. The second-order valence-corrected chi connectivity index (χ2v) is 12.6. The van der Waals surface area contributed by atoms with Crippen LogP contribution in [0.2, 0.25) is 0 Å². The third-order valence-electron chi connectivity index (χ3n) is 8.90. The molecule has 0 saturated carbocycles. The van der Waals surface area contributed by atoms with Crippen molar-refractivity contribution in [2.24, 2.45) is 0 Å². The summed E-state index contributed by atoms with van der Waals surface area (Å²) in [6, 6.07) is 0. The zero-order chi connectivity index (χ0) is 32.5. The summed E-state index contributed by atoms with van der Waals surface area (Å²) in [5.41, 5.74) is 0. The molecular weight excluding hydrogens is 576 g/mol. The van der Waals surface area contributed by atoms with Gasteiger partial charge in [0, 0.05) is 6.42 Å². The topological polar surface area (TPSA) is 207 Å². The lowest BCUT2D eigenvalue weighted by atomic mass is 9.92. The summed E-state index contributed by atoms with van der Waals surface area (Å²) < 4.78 is 16.0. The molecule has 2 fully saturated rings. The number of rotatable bonds is 23. The van der Waals surface area contributed by atoms with Crippen molar-refractivity contribution in [1.29, 1.82) is 0 Å². The number of ketones is 1. The third-order valence-corrected chi connectivity index (χ3v) is 8.90. The van der Waals surface area contributed by atoms with Gasteiger partial charge >= 0.3 is 0 Å². The van der Waals surface area contributed by atoms with Gasteiger partial charge in [-0.05, 0) is 6.42 Å². The van der Waals surface area contributed by atoms with Crippen molar-refractivity contribution in [1.82, 2.24) is 0 Å². The van der Waals surface area contributed by atoms with Gasteiger partial charge in [0.15, 0.2) is 18.4 Å². The minimum Gasteiger partial charge on any atom is -0.394 e. The summed E-state index contributed by atoms with van der Waals surface area (Å²) in [5.74, 6) is -0.592. The lowest BCUT2D eigenvalue weighted by Gasteiger charge is -2.46. The van der Waals surface area contributed by atoms with Crippen LogP contribution in [0.5, 0.6) is 0 Å². The van der Waals surface area contributed by atoms with Crippen LogP contribution in [-0.2, 0) is 19.0 Å². The molecule has 44 heavy (non-hydrogen) atoms. The molecule has 0 aliphatic carbocycles. The maximum Gasteiger partial charge on any atom is 0.187 e. The normalized spacial score (nSPS) is 33.4. The van der Waals surface area contributed by atoms with Gasteiger partial charge in [-0.25, -0.2) is 0 Å². The van der Waals surface area contributed by atoms with Gasteiger partial charge in [0.1, 0.15) is 54.9 Å². The number of aliphatic hydroxyl groups excluding tert-OH is 8. The first-order valence-corrected chi connectivity index (χ1v) is 17.0. The van der Waals surface area contributed by atoms with Crippen molar-refractivity contribution in [3.05, 3.63) is 0 Å². The van der Waals surface area contributed by atoms with Crippen LogP contribution >= 0.6 is 0 Å². The maximum atomic E-state index is 12.7. The van der Waals surface area contributed by atoms with E-state index >= 15 is 0 Å². The predicted molar refractivity (Wildman–Crippen MR) is 161 cm³/mol. The number of Topliss-reactive ketones (excluding diaryl/α,β-unsaturated/α-hetero) is 1. The lowest BCUT2D eigenvalue weighted by Crippen LogP contribution is -2.65. The molecule has 0 bridgehead atoms. The lowest BCUT2D eigenvalue weighted by molar-refractivity contribution is -0.357. The summed E-state index contributed by atoms with van der Waals surface area (Å²) in [5, 5.41) is 81.2. The summed E-state index contributed by atoms with van der Waals surface area (Å²) >= 11 is 0. The van der Waals surface area contributed by atoms with Crippen molar-refractivity contribution < 1.29 is 59.9 Å². The molecule has 11 atom stereocenters. The Kier molecular flexibility index (Phi) is 19.6. The summed E-state index contributed by atoms with van der Waals surface area (Å²) in [6.45, 7) is 1.51. The molecule has 2 saturated heterocycles.